The number of amides is 1. The molecule has 0 radical (unpaired) electrons. The monoisotopic (exact) mass is 195 g/mol. The molecular formula is C8H13N5O. The van der Waals surface area contributed by atoms with Crippen LogP contribution in [-0.2, 0) is 0 Å². The third kappa shape index (κ3) is 1.90. The molecule has 1 atom stereocenters. The van der Waals surface area contributed by atoms with Crippen LogP contribution in [0.15, 0.2) is 6.33 Å². The first-order valence-electron chi connectivity index (χ1n) is 4.67. The molecule has 4 N–H and O–H groups in total. The first-order chi connectivity index (χ1) is 6.81. The molecular weight excluding hydrogens is 182 g/mol. The molecule has 1 aliphatic rings. The Kier molecular flexibility index (Phi) is 2.45. The summed E-state index contributed by atoms with van der Waals surface area (Å²) in [6.07, 6.45) is 3.61. The molecule has 1 unspecified atom stereocenters. The molecule has 0 spiro atoms. The Bertz CT molecular complexity index is 306. The minimum atomic E-state index is -0.232. The summed E-state index contributed by atoms with van der Waals surface area (Å²) in [7, 11) is 0. The van der Waals surface area contributed by atoms with Crippen molar-refractivity contribution in [1.82, 2.24) is 20.5 Å². The highest BCUT2D eigenvalue weighted by Gasteiger charge is 2.31. The second-order valence-electron chi connectivity index (χ2n) is 3.49. The van der Waals surface area contributed by atoms with Gasteiger partial charge in [0.1, 0.15) is 6.33 Å². The van der Waals surface area contributed by atoms with Gasteiger partial charge in [-0.3, -0.25) is 9.89 Å². The van der Waals surface area contributed by atoms with E-state index in [1.807, 2.05) is 0 Å². The van der Waals surface area contributed by atoms with Crippen molar-refractivity contribution in [2.45, 2.75) is 18.9 Å². The van der Waals surface area contributed by atoms with Gasteiger partial charge in [0.2, 0.25) is 5.82 Å². The Labute approximate surface area is 81.3 Å². The van der Waals surface area contributed by atoms with Crippen molar-refractivity contribution in [2.75, 3.05) is 6.54 Å². The molecule has 0 saturated heterocycles. The number of rotatable bonds is 4. The number of carbonyl (C=O) groups is 1. The van der Waals surface area contributed by atoms with E-state index < -0.39 is 0 Å². The van der Waals surface area contributed by atoms with Crippen LogP contribution in [0.4, 0.5) is 0 Å². The summed E-state index contributed by atoms with van der Waals surface area (Å²) in [6.45, 7) is 0.477. The van der Waals surface area contributed by atoms with E-state index in [2.05, 4.69) is 20.5 Å². The van der Waals surface area contributed by atoms with E-state index in [9.17, 15) is 4.79 Å². The lowest BCUT2D eigenvalue weighted by Gasteiger charge is -2.14. The van der Waals surface area contributed by atoms with Gasteiger partial charge >= 0.3 is 0 Å². The van der Waals surface area contributed by atoms with E-state index in [1.54, 1.807) is 0 Å². The number of aromatic amines is 1. The molecule has 1 aliphatic carbocycles. The zero-order valence-electron chi connectivity index (χ0n) is 7.73. The summed E-state index contributed by atoms with van der Waals surface area (Å²) in [5.74, 6) is 0.556. The normalized spacial score (nSPS) is 17.8. The van der Waals surface area contributed by atoms with Crippen molar-refractivity contribution in [3.05, 3.63) is 12.2 Å². The lowest BCUT2D eigenvalue weighted by atomic mass is 10.2. The minimum Gasteiger partial charge on any atom is -0.345 e. The van der Waals surface area contributed by atoms with Gasteiger partial charge in [0.15, 0.2) is 0 Å². The second-order valence-corrected chi connectivity index (χ2v) is 3.49. The molecule has 1 aromatic heterocycles. The zero-order chi connectivity index (χ0) is 9.97. The Morgan fingerprint density at radius 3 is 3.07 bits per heavy atom. The van der Waals surface area contributed by atoms with Gasteiger partial charge in [-0.25, -0.2) is 4.98 Å². The Balaban J connectivity index is 1.92. The number of nitrogens with one attached hydrogen (secondary N) is 2. The zero-order valence-corrected chi connectivity index (χ0v) is 7.73. The summed E-state index contributed by atoms with van der Waals surface area (Å²) >= 11 is 0. The van der Waals surface area contributed by atoms with Gasteiger partial charge in [-0.1, -0.05) is 0 Å². The van der Waals surface area contributed by atoms with Gasteiger partial charge in [0, 0.05) is 12.6 Å². The van der Waals surface area contributed by atoms with Crippen molar-refractivity contribution in [1.29, 1.82) is 0 Å². The van der Waals surface area contributed by atoms with Crippen molar-refractivity contribution in [2.24, 2.45) is 11.7 Å². The van der Waals surface area contributed by atoms with Gasteiger partial charge in [-0.05, 0) is 18.8 Å². The molecule has 0 aliphatic heterocycles. The predicted octanol–water partition coefficient (Wildman–Crippen LogP) is -0.728. The number of carbonyl (C=O) groups excluding carboxylic acids is 1. The van der Waals surface area contributed by atoms with Crippen LogP contribution in [0.25, 0.3) is 0 Å². The van der Waals surface area contributed by atoms with Crippen LogP contribution in [0.5, 0.6) is 0 Å². The lowest BCUT2D eigenvalue weighted by Crippen LogP contribution is -2.42. The maximum Gasteiger partial charge on any atom is 0.288 e. The predicted molar refractivity (Wildman–Crippen MR) is 49.4 cm³/mol. The molecule has 0 aromatic carbocycles. The Hall–Kier alpha value is -1.43. The SMILES string of the molecule is NCC(NC(=O)c1ncn[nH]1)C1CC1. The number of nitrogens with zero attached hydrogens (tertiary/aromatic N) is 2. The quantitative estimate of drug-likeness (QED) is 0.590. The highest BCUT2D eigenvalue weighted by Crippen LogP contribution is 2.32. The van der Waals surface area contributed by atoms with Crippen molar-refractivity contribution >= 4 is 5.91 Å². The summed E-state index contributed by atoms with van der Waals surface area (Å²) in [5, 5.41) is 8.95. The van der Waals surface area contributed by atoms with Crippen LogP contribution in [0.2, 0.25) is 0 Å². The summed E-state index contributed by atoms with van der Waals surface area (Å²) in [6, 6.07) is 0.0765. The number of nitrogens with two attached hydrogens (primary N) is 1. The van der Waals surface area contributed by atoms with Crippen LogP contribution in [0, 0.1) is 5.92 Å². The number of hydrogen-bond acceptors (Lipinski definition) is 4. The fraction of sp³-hybridized carbons (Fsp3) is 0.625. The fourth-order valence-corrected chi connectivity index (χ4v) is 1.42. The topological polar surface area (TPSA) is 96.7 Å². The maximum atomic E-state index is 11.5. The molecule has 14 heavy (non-hydrogen) atoms. The van der Waals surface area contributed by atoms with Gasteiger partial charge in [0.05, 0.1) is 0 Å². The van der Waals surface area contributed by atoms with Crippen LogP contribution in [0.3, 0.4) is 0 Å². The number of H-pyrrole nitrogens is 1. The summed E-state index contributed by atoms with van der Waals surface area (Å²) in [4.78, 5) is 15.3. The molecule has 6 heteroatoms. The van der Waals surface area contributed by atoms with E-state index in [4.69, 9.17) is 5.73 Å². The number of aromatic nitrogens is 3. The van der Waals surface area contributed by atoms with E-state index in [-0.39, 0.29) is 17.8 Å². The van der Waals surface area contributed by atoms with Crippen LogP contribution >= 0.6 is 0 Å². The third-order valence-electron chi connectivity index (χ3n) is 2.39. The lowest BCUT2D eigenvalue weighted by molar-refractivity contribution is 0.0923. The molecule has 1 aromatic rings. The summed E-state index contributed by atoms with van der Waals surface area (Å²) in [5.41, 5.74) is 5.55. The van der Waals surface area contributed by atoms with Crippen LogP contribution < -0.4 is 11.1 Å². The fourth-order valence-electron chi connectivity index (χ4n) is 1.42. The highest BCUT2D eigenvalue weighted by atomic mass is 16.2. The molecule has 6 nitrogen and oxygen atoms in total. The first-order valence-corrected chi connectivity index (χ1v) is 4.67. The molecule has 1 saturated carbocycles. The molecule has 2 rings (SSSR count). The largest absolute Gasteiger partial charge is 0.345 e. The highest BCUT2D eigenvalue weighted by molar-refractivity contribution is 5.90. The van der Waals surface area contributed by atoms with Crippen LogP contribution in [-0.4, -0.2) is 33.7 Å². The first kappa shape index (κ1) is 9.14. The molecule has 1 amide bonds. The standard InChI is InChI=1S/C8H13N5O/c9-3-6(5-1-2-5)12-8(14)7-10-4-11-13-7/h4-6H,1-3,9H2,(H,12,14)(H,10,11,13). The smallest absolute Gasteiger partial charge is 0.288 e. The Morgan fingerprint density at radius 2 is 2.57 bits per heavy atom. The molecule has 0 bridgehead atoms. The average molecular weight is 195 g/mol. The molecule has 76 valence electrons. The van der Waals surface area contributed by atoms with E-state index >= 15 is 0 Å². The van der Waals surface area contributed by atoms with Crippen molar-refractivity contribution in [3.63, 3.8) is 0 Å². The van der Waals surface area contributed by atoms with Crippen molar-refractivity contribution < 1.29 is 4.79 Å². The van der Waals surface area contributed by atoms with Gasteiger partial charge in [0.25, 0.3) is 5.91 Å². The second kappa shape index (κ2) is 3.75. The van der Waals surface area contributed by atoms with E-state index in [0.717, 1.165) is 12.8 Å². The van der Waals surface area contributed by atoms with E-state index in [1.165, 1.54) is 6.33 Å². The molecule has 1 fully saturated rings. The minimum absolute atomic E-state index is 0.0765. The third-order valence-corrected chi connectivity index (χ3v) is 2.39. The maximum absolute atomic E-state index is 11.5. The van der Waals surface area contributed by atoms with Gasteiger partial charge < -0.3 is 11.1 Å². The van der Waals surface area contributed by atoms with E-state index in [0.29, 0.717) is 12.5 Å². The Morgan fingerprint density at radius 1 is 1.79 bits per heavy atom. The van der Waals surface area contributed by atoms with Gasteiger partial charge in [-0.15, -0.1) is 0 Å². The number of hydrogen-bond donors (Lipinski definition) is 3. The summed E-state index contributed by atoms with van der Waals surface area (Å²) < 4.78 is 0. The average Bonchev–Trinajstić information content (AvgIpc) is 2.88. The molecule has 1 heterocycles. The van der Waals surface area contributed by atoms with Crippen LogP contribution in [0.1, 0.15) is 23.5 Å². The van der Waals surface area contributed by atoms with Gasteiger partial charge in [-0.2, -0.15) is 5.10 Å². The van der Waals surface area contributed by atoms with Crippen molar-refractivity contribution in [3.8, 4) is 0 Å².